The molecule has 1 aromatic carbocycles. The van der Waals surface area contributed by atoms with E-state index in [1.807, 2.05) is 17.0 Å². The van der Waals surface area contributed by atoms with Crippen molar-refractivity contribution in [3.05, 3.63) is 49.9 Å². The van der Waals surface area contributed by atoms with Crippen LogP contribution >= 0.6 is 23.1 Å². The highest BCUT2D eigenvalue weighted by Gasteiger charge is 2.52. The first kappa shape index (κ1) is 23.4. The Morgan fingerprint density at radius 2 is 1.71 bits per heavy atom. The molecule has 4 heterocycles. The number of carbonyl (C=O) groups excluding carboxylic acids is 3. The number of rotatable bonds is 3. The van der Waals surface area contributed by atoms with Crippen LogP contribution in [0.1, 0.15) is 62.0 Å². The van der Waals surface area contributed by atoms with Gasteiger partial charge in [-0.3, -0.25) is 29.1 Å². The number of hydrogen-bond acceptors (Lipinski definition) is 6. The van der Waals surface area contributed by atoms with E-state index in [2.05, 4.69) is 38.2 Å². The normalized spacial score (nSPS) is 24.6. The van der Waals surface area contributed by atoms with Crippen molar-refractivity contribution in [3.63, 3.8) is 0 Å². The predicted octanol–water partition coefficient (Wildman–Crippen LogP) is 3.10. The Morgan fingerprint density at radius 1 is 1.03 bits per heavy atom. The van der Waals surface area contributed by atoms with Gasteiger partial charge in [0.25, 0.3) is 0 Å². The maximum atomic E-state index is 13.1. The molecule has 3 atom stereocenters. The van der Waals surface area contributed by atoms with E-state index in [1.54, 1.807) is 0 Å². The first-order valence-corrected chi connectivity index (χ1v) is 13.5. The molecule has 0 radical (unpaired) electrons. The van der Waals surface area contributed by atoms with Gasteiger partial charge in [0.1, 0.15) is 11.8 Å². The fourth-order valence-electron chi connectivity index (χ4n) is 5.10. The number of fused-ring (bicyclic) bond motifs is 2. The summed E-state index contributed by atoms with van der Waals surface area (Å²) in [5, 5.41) is 2.52. The van der Waals surface area contributed by atoms with Crippen LogP contribution in [-0.4, -0.2) is 45.5 Å². The Balaban J connectivity index is 1.55. The summed E-state index contributed by atoms with van der Waals surface area (Å²) in [6.45, 7) is 7.83. The number of nitrogens with one attached hydrogen (secondary N) is 1. The van der Waals surface area contributed by atoms with Crippen LogP contribution in [0.3, 0.4) is 0 Å². The van der Waals surface area contributed by atoms with Gasteiger partial charge < -0.3 is 4.90 Å². The lowest BCUT2D eigenvalue weighted by molar-refractivity contribution is -0.133. The van der Waals surface area contributed by atoms with Crippen LogP contribution in [0.25, 0.3) is 0 Å². The number of imide groups is 1. The summed E-state index contributed by atoms with van der Waals surface area (Å²) in [7, 11) is 0. The van der Waals surface area contributed by atoms with Gasteiger partial charge in [0, 0.05) is 23.9 Å². The third-order valence-corrected chi connectivity index (χ3v) is 9.64. The molecule has 0 bridgehead atoms. The standard InChI is InChI=1S/C25H29N3O4S2/c1-25(2,3)15-9-7-14(8-10-15)17-18-19(22(31)26-21(18)30)33-23-20(17)34-24(32)28(23)13-16(29)27-11-5-4-6-12-27/h7-10,17-19H,4-6,11-13H2,1-3H3,(H,26,30,31)/t17-,18?,19?/m0/s1. The average Bonchev–Trinajstić information content (AvgIpc) is 3.27. The molecule has 1 aromatic heterocycles. The van der Waals surface area contributed by atoms with Gasteiger partial charge in [-0.15, -0.1) is 0 Å². The molecule has 2 aromatic rings. The SMILES string of the molecule is CC(C)(C)c1ccc([C@@H]2c3sc(=O)n(CC(=O)N4CCCCC4)c3SC3C(=O)NC(=O)C32)cc1. The van der Waals surface area contributed by atoms with Gasteiger partial charge >= 0.3 is 4.87 Å². The molecule has 3 amide bonds. The summed E-state index contributed by atoms with van der Waals surface area (Å²) in [5.41, 5.74) is 2.06. The van der Waals surface area contributed by atoms with Crippen molar-refractivity contribution < 1.29 is 14.4 Å². The smallest absolute Gasteiger partial charge is 0.308 e. The molecular formula is C25H29N3O4S2. The van der Waals surface area contributed by atoms with Gasteiger partial charge in [-0.25, -0.2) is 0 Å². The minimum Gasteiger partial charge on any atom is -0.341 e. The number of carbonyl (C=O) groups is 3. The van der Waals surface area contributed by atoms with Gasteiger partial charge in [0.05, 0.1) is 10.9 Å². The molecule has 180 valence electrons. The Morgan fingerprint density at radius 3 is 2.35 bits per heavy atom. The van der Waals surface area contributed by atoms with Crippen molar-refractivity contribution >= 4 is 40.8 Å². The van der Waals surface area contributed by atoms with Gasteiger partial charge in [0.2, 0.25) is 17.7 Å². The third kappa shape index (κ3) is 4.02. The number of nitrogens with zero attached hydrogens (tertiary/aromatic N) is 2. The summed E-state index contributed by atoms with van der Waals surface area (Å²) >= 11 is 2.35. The fraction of sp³-hybridized carbons (Fsp3) is 0.520. The number of hydrogen-bond donors (Lipinski definition) is 1. The molecule has 0 saturated carbocycles. The zero-order valence-corrected chi connectivity index (χ0v) is 21.3. The van der Waals surface area contributed by atoms with Gasteiger partial charge in [-0.05, 0) is 35.8 Å². The lowest BCUT2D eigenvalue weighted by Gasteiger charge is -2.31. The Kier molecular flexibility index (Phi) is 5.96. The summed E-state index contributed by atoms with van der Waals surface area (Å²) < 4.78 is 1.52. The van der Waals surface area contributed by atoms with Crippen LogP contribution in [0.4, 0.5) is 0 Å². The highest BCUT2D eigenvalue weighted by molar-refractivity contribution is 8.00. The number of thioether (sulfide) groups is 1. The monoisotopic (exact) mass is 499 g/mol. The van der Waals surface area contributed by atoms with E-state index in [1.165, 1.54) is 21.9 Å². The zero-order chi connectivity index (χ0) is 24.2. The maximum Gasteiger partial charge on any atom is 0.308 e. The van der Waals surface area contributed by atoms with Crippen LogP contribution < -0.4 is 10.2 Å². The molecule has 3 aliphatic heterocycles. The van der Waals surface area contributed by atoms with Crippen LogP contribution in [0.5, 0.6) is 0 Å². The van der Waals surface area contributed by atoms with Crippen molar-refractivity contribution in [2.24, 2.45) is 5.92 Å². The molecule has 5 rings (SSSR count). The van der Waals surface area contributed by atoms with E-state index in [4.69, 9.17) is 0 Å². The molecule has 7 nitrogen and oxygen atoms in total. The average molecular weight is 500 g/mol. The molecule has 34 heavy (non-hydrogen) atoms. The van der Waals surface area contributed by atoms with Crippen molar-refractivity contribution in [3.8, 4) is 0 Å². The van der Waals surface area contributed by atoms with E-state index in [0.717, 1.165) is 54.1 Å². The second-order valence-corrected chi connectivity index (χ2v) is 12.5. The maximum absolute atomic E-state index is 13.1. The number of benzene rings is 1. The minimum absolute atomic E-state index is 0.0156. The molecule has 9 heteroatoms. The molecule has 0 spiro atoms. The first-order valence-electron chi connectivity index (χ1n) is 11.8. The number of aromatic nitrogens is 1. The second kappa shape index (κ2) is 8.68. The zero-order valence-electron chi connectivity index (χ0n) is 19.6. The molecule has 2 fully saturated rings. The predicted molar refractivity (Wildman–Crippen MR) is 132 cm³/mol. The van der Waals surface area contributed by atoms with Crippen molar-refractivity contribution in [1.82, 2.24) is 14.8 Å². The summed E-state index contributed by atoms with van der Waals surface area (Å²) in [6, 6.07) is 8.12. The summed E-state index contributed by atoms with van der Waals surface area (Å²) in [4.78, 5) is 53.9. The number of likely N-dealkylation sites (tertiary alicyclic amines) is 1. The van der Waals surface area contributed by atoms with Gasteiger partial charge in [0.15, 0.2) is 0 Å². The van der Waals surface area contributed by atoms with Gasteiger partial charge in [-0.1, -0.05) is 68.1 Å². The van der Waals surface area contributed by atoms with E-state index in [0.29, 0.717) is 5.03 Å². The number of amides is 3. The van der Waals surface area contributed by atoms with Crippen molar-refractivity contribution in [2.45, 2.75) is 68.2 Å². The number of piperidine rings is 1. The van der Waals surface area contributed by atoms with Crippen molar-refractivity contribution in [1.29, 1.82) is 0 Å². The second-order valence-electron chi connectivity index (χ2n) is 10.3. The molecule has 2 saturated heterocycles. The van der Waals surface area contributed by atoms with E-state index in [9.17, 15) is 19.2 Å². The lowest BCUT2D eigenvalue weighted by Crippen LogP contribution is -2.39. The largest absolute Gasteiger partial charge is 0.341 e. The van der Waals surface area contributed by atoms with Crippen LogP contribution in [0, 0.1) is 5.92 Å². The minimum atomic E-state index is -0.613. The number of thiazole rings is 1. The fourth-order valence-corrected chi connectivity index (χ4v) is 7.84. The van der Waals surface area contributed by atoms with E-state index >= 15 is 0 Å². The molecule has 1 N–H and O–H groups in total. The third-order valence-electron chi connectivity index (χ3n) is 7.03. The lowest BCUT2D eigenvalue weighted by atomic mass is 9.81. The van der Waals surface area contributed by atoms with E-state index < -0.39 is 17.1 Å². The van der Waals surface area contributed by atoms with Crippen LogP contribution in [-0.2, 0) is 26.3 Å². The quantitative estimate of drug-likeness (QED) is 0.656. The van der Waals surface area contributed by atoms with Crippen LogP contribution in [0.2, 0.25) is 0 Å². The molecule has 0 aliphatic carbocycles. The Hall–Kier alpha value is -2.39. The van der Waals surface area contributed by atoms with Crippen molar-refractivity contribution in [2.75, 3.05) is 13.1 Å². The Labute approximate surface area is 206 Å². The molecular weight excluding hydrogens is 470 g/mol. The van der Waals surface area contributed by atoms with E-state index in [-0.39, 0.29) is 34.6 Å². The summed E-state index contributed by atoms with van der Waals surface area (Å²) in [6.07, 6.45) is 3.08. The highest BCUT2D eigenvalue weighted by atomic mass is 32.2. The first-order chi connectivity index (χ1) is 16.1. The molecule has 3 aliphatic rings. The molecule has 2 unspecified atom stereocenters. The van der Waals surface area contributed by atoms with Crippen LogP contribution in [0.15, 0.2) is 34.1 Å². The van der Waals surface area contributed by atoms with Gasteiger partial charge in [-0.2, -0.15) is 0 Å². The topological polar surface area (TPSA) is 88.5 Å². The highest BCUT2D eigenvalue weighted by Crippen LogP contribution is 2.51. The summed E-state index contributed by atoms with van der Waals surface area (Å²) in [5.74, 6) is -1.66. The Bertz CT molecular complexity index is 1200.